The SMILES string of the molecule is COCCNCC(O)CNC(=O)[C@@H](Cc1ccc2ccccc2c1)NC(=O)[C@@H]1CCCN1C(=O)C(C)(C)C. The molecule has 1 aliphatic heterocycles. The second kappa shape index (κ2) is 13.7. The molecule has 2 aromatic rings. The molecule has 3 amide bonds. The Morgan fingerprint density at radius 1 is 1.11 bits per heavy atom. The standard InChI is InChI=1S/C29H42N4O5/c1-29(2,3)28(37)33-14-7-10-25(33)27(36)32-24(26(35)31-19-23(34)18-30-13-15-38-4)17-20-11-12-21-8-5-6-9-22(21)16-20/h5-6,8-9,11-12,16,23-25,30,34H,7,10,13-15,17-19H2,1-4H3,(H,31,35)(H,32,36)/t23?,24-,25+/m1/s1. The summed E-state index contributed by atoms with van der Waals surface area (Å²) < 4.78 is 4.98. The van der Waals surface area contributed by atoms with Crippen molar-refractivity contribution in [3.05, 3.63) is 48.0 Å². The van der Waals surface area contributed by atoms with Crippen molar-refractivity contribution < 1.29 is 24.2 Å². The molecule has 0 radical (unpaired) electrons. The molecular formula is C29H42N4O5. The molecule has 1 aliphatic rings. The van der Waals surface area contributed by atoms with Crippen LogP contribution in [0.3, 0.4) is 0 Å². The smallest absolute Gasteiger partial charge is 0.243 e. The van der Waals surface area contributed by atoms with Crippen LogP contribution in [0, 0.1) is 5.41 Å². The minimum Gasteiger partial charge on any atom is -0.390 e. The summed E-state index contributed by atoms with van der Waals surface area (Å²) >= 11 is 0. The van der Waals surface area contributed by atoms with E-state index < -0.39 is 23.6 Å². The summed E-state index contributed by atoms with van der Waals surface area (Å²) in [7, 11) is 1.60. The molecule has 1 unspecified atom stereocenters. The maximum Gasteiger partial charge on any atom is 0.243 e. The Morgan fingerprint density at radius 2 is 1.84 bits per heavy atom. The first-order valence-corrected chi connectivity index (χ1v) is 13.3. The number of methoxy groups -OCH3 is 1. The molecule has 2 aromatic carbocycles. The average molecular weight is 527 g/mol. The Bertz CT molecular complexity index is 1100. The van der Waals surface area contributed by atoms with Gasteiger partial charge in [0.25, 0.3) is 0 Å². The normalized spacial score (nSPS) is 17.3. The van der Waals surface area contributed by atoms with Crippen LogP contribution in [0.4, 0.5) is 0 Å². The summed E-state index contributed by atoms with van der Waals surface area (Å²) in [5.41, 5.74) is 0.304. The van der Waals surface area contributed by atoms with E-state index in [1.807, 2.05) is 63.2 Å². The van der Waals surface area contributed by atoms with Crippen LogP contribution in [0.15, 0.2) is 42.5 Å². The van der Waals surface area contributed by atoms with E-state index in [1.165, 1.54) is 0 Å². The number of likely N-dealkylation sites (tertiary alicyclic amines) is 1. The molecule has 0 aromatic heterocycles. The topological polar surface area (TPSA) is 120 Å². The largest absolute Gasteiger partial charge is 0.390 e. The molecule has 0 saturated carbocycles. The highest BCUT2D eigenvalue weighted by Crippen LogP contribution is 2.26. The number of aliphatic hydroxyl groups is 1. The first kappa shape index (κ1) is 29.5. The van der Waals surface area contributed by atoms with E-state index in [9.17, 15) is 19.5 Å². The predicted octanol–water partition coefficient (Wildman–Crippen LogP) is 1.62. The van der Waals surface area contributed by atoms with Gasteiger partial charge in [-0.15, -0.1) is 0 Å². The Morgan fingerprint density at radius 3 is 2.55 bits per heavy atom. The van der Waals surface area contributed by atoms with Gasteiger partial charge in [0, 0.05) is 45.1 Å². The molecule has 9 heteroatoms. The number of ether oxygens (including phenoxy) is 1. The summed E-state index contributed by atoms with van der Waals surface area (Å²) in [5, 5.41) is 21.2. The van der Waals surface area contributed by atoms with E-state index in [2.05, 4.69) is 16.0 Å². The highest BCUT2D eigenvalue weighted by molar-refractivity contribution is 5.93. The third-order valence-corrected chi connectivity index (χ3v) is 6.72. The van der Waals surface area contributed by atoms with Crippen molar-refractivity contribution >= 4 is 28.5 Å². The second-order valence-electron chi connectivity index (χ2n) is 10.9. The Kier molecular flexibility index (Phi) is 10.6. The minimum atomic E-state index is -0.857. The fourth-order valence-electron chi connectivity index (χ4n) is 4.65. The first-order valence-electron chi connectivity index (χ1n) is 13.3. The van der Waals surface area contributed by atoms with Gasteiger partial charge in [-0.3, -0.25) is 14.4 Å². The average Bonchev–Trinajstić information content (AvgIpc) is 3.38. The fraction of sp³-hybridized carbons (Fsp3) is 0.552. The van der Waals surface area contributed by atoms with Gasteiger partial charge in [0.15, 0.2) is 0 Å². The quantitative estimate of drug-likeness (QED) is 0.312. The molecule has 0 bridgehead atoms. The van der Waals surface area contributed by atoms with Crippen molar-refractivity contribution in [3.8, 4) is 0 Å². The molecule has 9 nitrogen and oxygen atoms in total. The van der Waals surface area contributed by atoms with E-state index in [4.69, 9.17) is 4.74 Å². The van der Waals surface area contributed by atoms with Gasteiger partial charge in [0.2, 0.25) is 17.7 Å². The lowest BCUT2D eigenvalue weighted by molar-refractivity contribution is -0.145. The van der Waals surface area contributed by atoms with Crippen LogP contribution in [0.2, 0.25) is 0 Å². The zero-order chi connectivity index (χ0) is 27.7. The van der Waals surface area contributed by atoms with Crippen molar-refractivity contribution in [1.82, 2.24) is 20.9 Å². The van der Waals surface area contributed by atoms with Gasteiger partial charge >= 0.3 is 0 Å². The number of benzene rings is 2. The lowest BCUT2D eigenvalue weighted by atomic mass is 9.94. The van der Waals surface area contributed by atoms with Gasteiger partial charge in [-0.1, -0.05) is 63.2 Å². The van der Waals surface area contributed by atoms with Gasteiger partial charge in [0.05, 0.1) is 12.7 Å². The Balaban J connectivity index is 1.72. The zero-order valence-corrected chi connectivity index (χ0v) is 23.0. The van der Waals surface area contributed by atoms with E-state index in [0.717, 1.165) is 22.8 Å². The summed E-state index contributed by atoms with van der Waals surface area (Å²) in [5.74, 6) is -0.785. The first-order chi connectivity index (χ1) is 18.1. The van der Waals surface area contributed by atoms with Crippen LogP contribution in [0.25, 0.3) is 10.8 Å². The number of nitrogens with zero attached hydrogens (tertiary/aromatic N) is 1. The van der Waals surface area contributed by atoms with Crippen LogP contribution >= 0.6 is 0 Å². The fourth-order valence-corrected chi connectivity index (χ4v) is 4.65. The molecule has 38 heavy (non-hydrogen) atoms. The van der Waals surface area contributed by atoms with E-state index in [1.54, 1.807) is 12.0 Å². The zero-order valence-electron chi connectivity index (χ0n) is 23.0. The molecular weight excluding hydrogens is 484 g/mol. The maximum absolute atomic E-state index is 13.4. The summed E-state index contributed by atoms with van der Waals surface area (Å²) in [4.78, 5) is 41.2. The van der Waals surface area contributed by atoms with Crippen molar-refractivity contribution in [1.29, 1.82) is 0 Å². The van der Waals surface area contributed by atoms with Gasteiger partial charge in [-0.25, -0.2) is 0 Å². The van der Waals surface area contributed by atoms with Gasteiger partial charge in [-0.2, -0.15) is 0 Å². The Hall–Kier alpha value is -3.01. The number of hydrogen-bond acceptors (Lipinski definition) is 6. The highest BCUT2D eigenvalue weighted by Gasteiger charge is 2.39. The number of hydrogen-bond donors (Lipinski definition) is 4. The van der Waals surface area contributed by atoms with Gasteiger partial charge < -0.3 is 30.7 Å². The molecule has 0 spiro atoms. The number of carbonyl (C=O) groups excluding carboxylic acids is 3. The van der Waals surface area contributed by atoms with Crippen molar-refractivity contribution in [2.24, 2.45) is 5.41 Å². The van der Waals surface area contributed by atoms with Gasteiger partial charge in [0.1, 0.15) is 12.1 Å². The predicted molar refractivity (Wildman–Crippen MR) is 148 cm³/mol. The number of rotatable bonds is 12. The third-order valence-electron chi connectivity index (χ3n) is 6.72. The molecule has 0 aliphatic carbocycles. The van der Waals surface area contributed by atoms with Crippen LogP contribution in [-0.4, -0.2) is 85.8 Å². The summed E-state index contributed by atoms with van der Waals surface area (Å²) in [6, 6.07) is 12.5. The van der Waals surface area contributed by atoms with Crippen LogP contribution in [-0.2, 0) is 25.5 Å². The molecule has 1 saturated heterocycles. The minimum absolute atomic E-state index is 0.0426. The lowest BCUT2D eigenvalue weighted by Crippen LogP contribution is -2.55. The molecule has 3 atom stereocenters. The summed E-state index contributed by atoms with van der Waals surface area (Å²) in [6.45, 7) is 7.51. The van der Waals surface area contributed by atoms with Crippen molar-refractivity contribution in [3.63, 3.8) is 0 Å². The van der Waals surface area contributed by atoms with E-state index in [0.29, 0.717) is 32.7 Å². The van der Waals surface area contributed by atoms with Crippen molar-refractivity contribution in [2.75, 3.05) is 39.9 Å². The van der Waals surface area contributed by atoms with E-state index in [-0.39, 0.29) is 30.7 Å². The van der Waals surface area contributed by atoms with Crippen LogP contribution in [0.1, 0.15) is 39.2 Å². The number of nitrogens with one attached hydrogen (secondary N) is 3. The van der Waals surface area contributed by atoms with Gasteiger partial charge in [-0.05, 0) is 29.2 Å². The number of aliphatic hydroxyl groups excluding tert-OH is 1. The second-order valence-corrected chi connectivity index (χ2v) is 10.9. The highest BCUT2D eigenvalue weighted by atomic mass is 16.5. The molecule has 208 valence electrons. The lowest BCUT2D eigenvalue weighted by Gasteiger charge is -2.31. The van der Waals surface area contributed by atoms with Crippen LogP contribution < -0.4 is 16.0 Å². The molecule has 4 N–H and O–H groups in total. The van der Waals surface area contributed by atoms with Crippen LogP contribution in [0.5, 0.6) is 0 Å². The number of carbonyl (C=O) groups is 3. The molecule has 1 fully saturated rings. The molecule has 1 heterocycles. The van der Waals surface area contributed by atoms with Crippen molar-refractivity contribution in [2.45, 2.75) is 58.2 Å². The summed E-state index contributed by atoms with van der Waals surface area (Å²) in [6.07, 6.45) is 0.792. The maximum atomic E-state index is 13.4. The Labute approximate surface area is 225 Å². The number of fused-ring (bicyclic) bond motifs is 1. The number of amides is 3. The third kappa shape index (κ3) is 8.24. The molecule has 3 rings (SSSR count). The monoisotopic (exact) mass is 526 g/mol. The van der Waals surface area contributed by atoms with E-state index >= 15 is 0 Å².